The van der Waals surface area contributed by atoms with Crippen LogP contribution in [-0.4, -0.2) is 19.1 Å². The molecule has 0 heterocycles. The van der Waals surface area contributed by atoms with E-state index in [-0.39, 0.29) is 5.91 Å². The Kier molecular flexibility index (Phi) is 16.3. The third-order valence-electron chi connectivity index (χ3n) is 6.50. The lowest BCUT2D eigenvalue weighted by Gasteiger charge is -2.10. The van der Waals surface area contributed by atoms with Gasteiger partial charge >= 0.3 is 0 Å². The fraction of sp³-hybridized carbons (Fsp3) is 0.581. The predicted octanol–water partition coefficient (Wildman–Crippen LogP) is 9.28. The van der Waals surface area contributed by atoms with Crippen molar-refractivity contribution in [3.8, 4) is 5.75 Å². The van der Waals surface area contributed by atoms with Crippen molar-refractivity contribution in [1.82, 2.24) is 5.32 Å². The molecule has 2 aromatic carbocycles. The van der Waals surface area contributed by atoms with Gasteiger partial charge in [0.25, 0.3) is 5.91 Å². The molecule has 0 saturated heterocycles. The van der Waals surface area contributed by atoms with E-state index >= 15 is 0 Å². The summed E-state index contributed by atoms with van der Waals surface area (Å²) in [6.45, 7) is 3.62. The van der Waals surface area contributed by atoms with Crippen LogP contribution in [-0.2, 0) is 6.42 Å². The van der Waals surface area contributed by atoms with Gasteiger partial charge in [-0.25, -0.2) is 0 Å². The lowest BCUT2D eigenvalue weighted by molar-refractivity contribution is 0.0953. The maximum Gasteiger partial charge on any atom is 0.251 e. The van der Waals surface area contributed by atoms with E-state index in [1.165, 1.54) is 89.0 Å². The molecule has 1 N–H and O–H groups in total. The molecule has 0 spiro atoms. The topological polar surface area (TPSA) is 38.3 Å². The maximum absolute atomic E-state index is 12.5. The van der Waals surface area contributed by atoms with E-state index in [0.29, 0.717) is 12.2 Å². The fourth-order valence-corrected chi connectivity index (χ4v) is 4.80. The summed E-state index contributed by atoms with van der Waals surface area (Å²) in [5.74, 6) is 0.751. The molecule has 0 atom stereocenters. The van der Waals surface area contributed by atoms with Gasteiger partial charge in [-0.3, -0.25) is 4.79 Å². The first-order valence-corrected chi connectivity index (χ1v) is 14.7. The molecule has 0 aromatic heterocycles. The number of rotatable bonds is 20. The van der Waals surface area contributed by atoms with Gasteiger partial charge in [-0.05, 0) is 46.1 Å². The van der Waals surface area contributed by atoms with Crippen molar-refractivity contribution in [1.29, 1.82) is 0 Å². The lowest BCUT2D eigenvalue weighted by Crippen LogP contribution is -2.24. The Labute approximate surface area is 222 Å². The van der Waals surface area contributed by atoms with Gasteiger partial charge in [0.2, 0.25) is 0 Å². The smallest absolute Gasteiger partial charge is 0.251 e. The Morgan fingerprint density at radius 1 is 0.771 bits per heavy atom. The summed E-state index contributed by atoms with van der Waals surface area (Å²) in [7, 11) is 0. The van der Waals surface area contributed by atoms with E-state index in [1.54, 1.807) is 0 Å². The highest BCUT2D eigenvalue weighted by Gasteiger charge is 2.09. The molecular weight excluding hydrogens is 498 g/mol. The molecule has 0 radical (unpaired) electrons. The van der Waals surface area contributed by atoms with Crippen LogP contribution in [0.25, 0.3) is 0 Å². The number of nitrogens with one attached hydrogen (secondary N) is 1. The second kappa shape index (κ2) is 19.4. The molecule has 35 heavy (non-hydrogen) atoms. The van der Waals surface area contributed by atoms with Crippen LogP contribution in [0.4, 0.5) is 0 Å². The van der Waals surface area contributed by atoms with Gasteiger partial charge in [-0.1, -0.05) is 121 Å². The van der Waals surface area contributed by atoms with Gasteiger partial charge in [-0.2, -0.15) is 0 Å². The van der Waals surface area contributed by atoms with E-state index in [0.717, 1.165) is 29.6 Å². The monoisotopic (exact) mass is 543 g/mol. The minimum Gasteiger partial charge on any atom is -0.492 e. The first-order chi connectivity index (χ1) is 17.2. The van der Waals surface area contributed by atoms with E-state index in [9.17, 15) is 4.79 Å². The highest BCUT2D eigenvalue weighted by molar-refractivity contribution is 9.10. The van der Waals surface area contributed by atoms with Gasteiger partial charge in [0, 0.05) is 18.5 Å². The number of ether oxygens (including phenoxy) is 1. The van der Waals surface area contributed by atoms with Crippen LogP contribution in [0.15, 0.2) is 53.0 Å². The largest absolute Gasteiger partial charge is 0.492 e. The van der Waals surface area contributed by atoms with E-state index in [2.05, 4.69) is 40.3 Å². The van der Waals surface area contributed by atoms with Crippen molar-refractivity contribution in [2.75, 3.05) is 13.2 Å². The standard InChI is InChI=1S/C31H46BrNO2/c1-2-3-4-5-6-7-8-9-10-11-12-13-14-18-24-33-31(34)28-21-22-30(29(32)26-28)35-25-23-27-19-16-15-17-20-27/h15-17,19-22,26H,2-14,18,23-25H2,1H3,(H,33,34). The molecule has 194 valence electrons. The zero-order valence-corrected chi connectivity index (χ0v) is 23.4. The molecule has 0 aliphatic rings. The molecule has 2 rings (SSSR count). The Balaban J connectivity index is 1.47. The first kappa shape index (κ1) is 29.4. The molecule has 0 aliphatic carbocycles. The van der Waals surface area contributed by atoms with Gasteiger partial charge in [0.15, 0.2) is 0 Å². The second-order valence-corrected chi connectivity index (χ2v) is 10.4. The zero-order valence-electron chi connectivity index (χ0n) is 21.8. The van der Waals surface area contributed by atoms with Crippen molar-refractivity contribution in [3.05, 3.63) is 64.1 Å². The maximum atomic E-state index is 12.5. The van der Waals surface area contributed by atoms with E-state index in [1.807, 2.05) is 36.4 Å². The van der Waals surface area contributed by atoms with Crippen LogP contribution in [0.1, 0.15) is 113 Å². The molecule has 4 heteroatoms. The molecule has 2 aromatic rings. The minimum absolute atomic E-state index is 0.0174. The zero-order chi connectivity index (χ0) is 25.0. The van der Waals surface area contributed by atoms with Crippen molar-refractivity contribution >= 4 is 21.8 Å². The van der Waals surface area contributed by atoms with E-state index < -0.39 is 0 Å². The number of hydrogen-bond donors (Lipinski definition) is 1. The molecule has 0 unspecified atom stereocenters. The van der Waals surface area contributed by atoms with Crippen LogP contribution in [0, 0.1) is 0 Å². The van der Waals surface area contributed by atoms with Crippen LogP contribution in [0.2, 0.25) is 0 Å². The van der Waals surface area contributed by atoms with Crippen molar-refractivity contribution < 1.29 is 9.53 Å². The number of unbranched alkanes of at least 4 members (excludes halogenated alkanes) is 13. The third-order valence-corrected chi connectivity index (χ3v) is 7.12. The summed E-state index contributed by atoms with van der Waals surface area (Å²) in [5.41, 5.74) is 1.92. The molecule has 0 fully saturated rings. The van der Waals surface area contributed by atoms with Crippen LogP contribution in [0.5, 0.6) is 5.75 Å². The highest BCUT2D eigenvalue weighted by Crippen LogP contribution is 2.26. The van der Waals surface area contributed by atoms with Crippen LogP contribution in [0.3, 0.4) is 0 Å². The Morgan fingerprint density at radius 3 is 1.91 bits per heavy atom. The fourth-order valence-electron chi connectivity index (χ4n) is 4.31. The highest BCUT2D eigenvalue weighted by atomic mass is 79.9. The number of carbonyl (C=O) groups is 1. The Morgan fingerprint density at radius 2 is 1.34 bits per heavy atom. The van der Waals surface area contributed by atoms with Crippen molar-refractivity contribution in [2.24, 2.45) is 0 Å². The summed E-state index contributed by atoms with van der Waals surface area (Å²) in [5, 5.41) is 3.05. The van der Waals surface area contributed by atoms with Gasteiger partial charge in [0.1, 0.15) is 5.75 Å². The summed E-state index contributed by atoms with van der Waals surface area (Å²) in [6, 6.07) is 15.9. The minimum atomic E-state index is -0.0174. The molecular formula is C31H46BrNO2. The van der Waals surface area contributed by atoms with Crippen molar-refractivity contribution in [2.45, 2.75) is 103 Å². The molecule has 1 amide bonds. The molecule has 3 nitrogen and oxygen atoms in total. The van der Waals surface area contributed by atoms with Crippen molar-refractivity contribution in [3.63, 3.8) is 0 Å². The number of carbonyl (C=O) groups excluding carboxylic acids is 1. The number of hydrogen-bond acceptors (Lipinski definition) is 2. The average Bonchev–Trinajstić information content (AvgIpc) is 2.87. The average molecular weight is 545 g/mol. The predicted molar refractivity (Wildman–Crippen MR) is 152 cm³/mol. The van der Waals surface area contributed by atoms with Gasteiger partial charge < -0.3 is 10.1 Å². The summed E-state index contributed by atoms with van der Waals surface area (Å²) < 4.78 is 6.70. The second-order valence-electron chi connectivity index (χ2n) is 9.58. The van der Waals surface area contributed by atoms with Gasteiger partial charge in [0.05, 0.1) is 11.1 Å². The summed E-state index contributed by atoms with van der Waals surface area (Å²) in [4.78, 5) is 12.5. The van der Waals surface area contributed by atoms with Crippen LogP contribution >= 0.6 is 15.9 Å². The molecule has 0 aliphatic heterocycles. The third kappa shape index (κ3) is 13.8. The normalized spacial score (nSPS) is 10.9. The SMILES string of the molecule is CCCCCCCCCCCCCCCCNC(=O)c1ccc(OCCc2ccccc2)c(Br)c1. The summed E-state index contributed by atoms with van der Waals surface area (Å²) in [6.07, 6.45) is 19.7. The van der Waals surface area contributed by atoms with Gasteiger partial charge in [-0.15, -0.1) is 0 Å². The number of benzene rings is 2. The first-order valence-electron chi connectivity index (χ1n) is 13.9. The number of amides is 1. The van der Waals surface area contributed by atoms with E-state index in [4.69, 9.17) is 4.74 Å². The van der Waals surface area contributed by atoms with Crippen LogP contribution < -0.4 is 10.1 Å². The molecule has 0 saturated carbocycles. The quantitative estimate of drug-likeness (QED) is 0.169. The lowest BCUT2D eigenvalue weighted by atomic mass is 10.0. The number of halogens is 1. The molecule has 0 bridgehead atoms. The Bertz CT molecular complexity index is 809. The summed E-state index contributed by atoms with van der Waals surface area (Å²) >= 11 is 3.55. The Hall–Kier alpha value is -1.81.